The van der Waals surface area contributed by atoms with Gasteiger partial charge >= 0.3 is 0 Å². The first-order valence-corrected chi connectivity index (χ1v) is 18.4. The number of aromatic nitrogens is 2. The molecule has 43 heavy (non-hydrogen) atoms. The molecule has 0 spiro atoms. The molecule has 0 unspecified atom stereocenters. The molecule has 0 saturated heterocycles. The van der Waals surface area contributed by atoms with E-state index in [9.17, 15) is 16.8 Å². The van der Waals surface area contributed by atoms with Crippen LogP contribution in [0.5, 0.6) is 0 Å². The van der Waals surface area contributed by atoms with Crippen LogP contribution in [0.2, 0.25) is 0 Å². The standard InChI is InChI=1S/C33H42N4O4S2/c1-5-7-23-35(25-27-19-21-30(22-20-27)37(42(3,38)39)43(4,40)41)26-31-32(28-15-11-9-12-16-28)34-33(36(31)24-8-6-2)29-17-13-10-14-18-29/h9-22H,5-8,23-26H2,1-4H3. The Morgan fingerprint density at radius 1 is 0.698 bits per heavy atom. The van der Waals surface area contributed by atoms with Crippen molar-refractivity contribution in [1.82, 2.24) is 14.5 Å². The average Bonchev–Trinajstić information content (AvgIpc) is 3.33. The molecule has 4 rings (SSSR count). The number of imidazole rings is 1. The molecular formula is C33H42N4O4S2. The van der Waals surface area contributed by atoms with Crippen molar-refractivity contribution in [3.8, 4) is 22.6 Å². The van der Waals surface area contributed by atoms with Gasteiger partial charge in [0.1, 0.15) is 5.82 Å². The summed E-state index contributed by atoms with van der Waals surface area (Å²) in [6.07, 6.45) is 5.95. The number of sulfonamides is 2. The predicted molar refractivity (Wildman–Crippen MR) is 176 cm³/mol. The maximum Gasteiger partial charge on any atom is 0.245 e. The van der Waals surface area contributed by atoms with Gasteiger partial charge in [0, 0.05) is 30.8 Å². The summed E-state index contributed by atoms with van der Waals surface area (Å²) in [5.74, 6) is 0.962. The molecule has 230 valence electrons. The number of unbranched alkanes of at least 4 members (excludes halogenated alkanes) is 2. The van der Waals surface area contributed by atoms with Gasteiger partial charge in [0.25, 0.3) is 0 Å². The summed E-state index contributed by atoms with van der Waals surface area (Å²) in [6.45, 7) is 7.39. The van der Waals surface area contributed by atoms with Gasteiger partial charge in [0.05, 0.1) is 29.6 Å². The molecule has 0 bridgehead atoms. The SMILES string of the molecule is CCCCN(Cc1ccc(N(S(C)(=O)=O)S(C)(=O)=O)cc1)Cc1c(-c2ccccc2)nc(-c2ccccc2)n1CCCC. The molecule has 0 aliphatic heterocycles. The third-order valence-corrected chi connectivity index (χ3v) is 10.5. The van der Waals surface area contributed by atoms with Gasteiger partial charge in [0.2, 0.25) is 20.0 Å². The van der Waals surface area contributed by atoms with Crippen LogP contribution in [-0.4, -0.2) is 50.3 Å². The number of anilines is 1. The first kappa shape index (κ1) is 32.4. The van der Waals surface area contributed by atoms with Crippen LogP contribution in [0.1, 0.15) is 50.8 Å². The fraction of sp³-hybridized carbons (Fsp3) is 0.364. The lowest BCUT2D eigenvalue weighted by Crippen LogP contribution is -2.35. The summed E-state index contributed by atoms with van der Waals surface area (Å²) in [5.41, 5.74) is 5.36. The van der Waals surface area contributed by atoms with Crippen molar-refractivity contribution in [3.63, 3.8) is 0 Å². The van der Waals surface area contributed by atoms with Crippen LogP contribution in [0.4, 0.5) is 5.69 Å². The Balaban J connectivity index is 1.74. The zero-order valence-electron chi connectivity index (χ0n) is 25.5. The number of hydrogen-bond donors (Lipinski definition) is 0. The Labute approximate surface area is 257 Å². The summed E-state index contributed by atoms with van der Waals surface area (Å²) >= 11 is 0. The summed E-state index contributed by atoms with van der Waals surface area (Å²) in [5, 5.41) is 0. The maximum atomic E-state index is 12.3. The molecule has 0 aliphatic rings. The molecule has 3 aromatic carbocycles. The normalized spacial score (nSPS) is 12.1. The summed E-state index contributed by atoms with van der Waals surface area (Å²) in [6, 6.07) is 27.4. The van der Waals surface area contributed by atoms with Gasteiger partial charge in [-0.15, -0.1) is 0 Å². The highest BCUT2D eigenvalue weighted by atomic mass is 32.3. The second kappa shape index (κ2) is 14.3. The third kappa shape index (κ3) is 8.34. The van der Waals surface area contributed by atoms with Crippen LogP contribution in [0.3, 0.4) is 0 Å². The van der Waals surface area contributed by atoms with Gasteiger partial charge in [-0.05, 0) is 37.1 Å². The highest BCUT2D eigenvalue weighted by Gasteiger charge is 2.27. The number of hydrogen-bond acceptors (Lipinski definition) is 6. The minimum absolute atomic E-state index is 0.102. The predicted octanol–water partition coefficient (Wildman–Crippen LogP) is 6.55. The van der Waals surface area contributed by atoms with Crippen LogP contribution in [0.25, 0.3) is 22.6 Å². The smallest absolute Gasteiger partial charge is 0.245 e. The molecule has 0 fully saturated rings. The number of nitrogens with zero attached hydrogens (tertiary/aromatic N) is 4. The minimum Gasteiger partial charge on any atom is -0.326 e. The largest absolute Gasteiger partial charge is 0.326 e. The lowest BCUT2D eigenvalue weighted by Gasteiger charge is -2.25. The quantitative estimate of drug-likeness (QED) is 0.149. The Morgan fingerprint density at radius 3 is 1.79 bits per heavy atom. The number of benzene rings is 3. The van der Waals surface area contributed by atoms with Gasteiger partial charge in [0.15, 0.2) is 0 Å². The van der Waals surface area contributed by atoms with Crippen molar-refractivity contribution in [2.45, 2.75) is 59.2 Å². The Kier molecular flexibility index (Phi) is 10.8. The fourth-order valence-corrected chi connectivity index (χ4v) is 8.23. The molecule has 0 aliphatic carbocycles. The summed E-state index contributed by atoms with van der Waals surface area (Å²) in [4.78, 5) is 7.63. The molecule has 8 nitrogen and oxygen atoms in total. The van der Waals surface area contributed by atoms with E-state index in [4.69, 9.17) is 4.98 Å². The van der Waals surface area contributed by atoms with Gasteiger partial charge in [-0.25, -0.2) is 21.8 Å². The van der Waals surface area contributed by atoms with E-state index < -0.39 is 20.0 Å². The Morgan fingerprint density at radius 2 is 1.26 bits per heavy atom. The van der Waals surface area contributed by atoms with Gasteiger partial charge in [-0.1, -0.05) is 99.5 Å². The van der Waals surface area contributed by atoms with Crippen molar-refractivity contribution in [1.29, 1.82) is 0 Å². The van der Waals surface area contributed by atoms with E-state index in [0.717, 1.165) is 85.2 Å². The zero-order valence-corrected chi connectivity index (χ0v) is 27.1. The highest BCUT2D eigenvalue weighted by molar-refractivity contribution is 8.09. The number of rotatable bonds is 15. The zero-order chi connectivity index (χ0) is 31.0. The second-order valence-electron chi connectivity index (χ2n) is 10.9. The van der Waals surface area contributed by atoms with Gasteiger partial charge < -0.3 is 4.57 Å². The third-order valence-electron chi connectivity index (χ3n) is 7.24. The minimum atomic E-state index is -4.00. The molecule has 0 saturated carbocycles. The van der Waals surface area contributed by atoms with Crippen LogP contribution < -0.4 is 3.71 Å². The van der Waals surface area contributed by atoms with Crippen LogP contribution in [0.15, 0.2) is 84.9 Å². The average molecular weight is 623 g/mol. The molecule has 4 aromatic rings. The van der Waals surface area contributed by atoms with Crippen molar-refractivity contribution < 1.29 is 16.8 Å². The first-order valence-electron chi connectivity index (χ1n) is 14.7. The van der Waals surface area contributed by atoms with Gasteiger partial charge in [-0.2, -0.15) is 3.71 Å². The lowest BCUT2D eigenvalue weighted by atomic mass is 10.1. The molecule has 0 amide bonds. The molecule has 1 aromatic heterocycles. The molecule has 1 heterocycles. The Bertz CT molecular complexity index is 1660. The van der Waals surface area contributed by atoms with E-state index >= 15 is 0 Å². The fourth-order valence-electron chi connectivity index (χ4n) is 5.26. The molecule has 10 heteroatoms. The topological polar surface area (TPSA) is 92.6 Å². The highest BCUT2D eigenvalue weighted by Crippen LogP contribution is 2.32. The monoisotopic (exact) mass is 622 g/mol. The molecule has 0 radical (unpaired) electrons. The van der Waals surface area contributed by atoms with Crippen molar-refractivity contribution in [2.24, 2.45) is 0 Å². The Hall–Kier alpha value is -3.47. The van der Waals surface area contributed by atoms with E-state index in [2.05, 4.69) is 47.6 Å². The van der Waals surface area contributed by atoms with E-state index in [1.807, 2.05) is 36.4 Å². The summed E-state index contributed by atoms with van der Waals surface area (Å²) < 4.78 is 51.9. The van der Waals surface area contributed by atoms with Crippen molar-refractivity contribution in [3.05, 3.63) is 96.2 Å². The van der Waals surface area contributed by atoms with Crippen LogP contribution in [-0.2, 0) is 39.7 Å². The molecule has 0 atom stereocenters. The van der Waals surface area contributed by atoms with E-state index in [1.54, 1.807) is 24.3 Å². The first-order chi connectivity index (χ1) is 20.5. The lowest BCUT2D eigenvalue weighted by molar-refractivity contribution is 0.246. The second-order valence-corrected chi connectivity index (χ2v) is 14.8. The molecule has 0 N–H and O–H groups in total. The van der Waals surface area contributed by atoms with Crippen molar-refractivity contribution >= 4 is 25.7 Å². The van der Waals surface area contributed by atoms with Crippen molar-refractivity contribution in [2.75, 3.05) is 22.8 Å². The van der Waals surface area contributed by atoms with E-state index in [-0.39, 0.29) is 5.69 Å². The summed E-state index contributed by atoms with van der Waals surface area (Å²) in [7, 11) is -8.01. The van der Waals surface area contributed by atoms with Crippen LogP contribution >= 0.6 is 0 Å². The molecular weight excluding hydrogens is 581 g/mol. The van der Waals surface area contributed by atoms with E-state index in [0.29, 0.717) is 16.8 Å². The van der Waals surface area contributed by atoms with Gasteiger partial charge in [-0.3, -0.25) is 4.90 Å². The van der Waals surface area contributed by atoms with E-state index in [1.165, 1.54) is 0 Å². The van der Waals surface area contributed by atoms with Crippen LogP contribution in [0, 0.1) is 0 Å². The maximum absolute atomic E-state index is 12.3.